The number of ether oxygens (including phenoxy) is 6. The molecule has 0 unspecified atom stereocenters. The van der Waals surface area contributed by atoms with E-state index in [-0.39, 0.29) is 92.0 Å². The molecule has 3 aromatic carbocycles. The lowest BCUT2D eigenvalue weighted by atomic mass is 9.90. The fourth-order valence-electron chi connectivity index (χ4n) is 9.92. The van der Waals surface area contributed by atoms with Crippen LogP contribution in [0.5, 0.6) is 34.5 Å². The van der Waals surface area contributed by atoms with E-state index >= 15 is 0 Å². The number of aliphatic carboxylic acids is 1. The number of nitrogens with two attached hydrogens (primary N) is 6. The smallest absolute Gasteiger partial charge is 0.341 e. The van der Waals surface area contributed by atoms with Crippen LogP contribution < -0.4 is 84.1 Å². The summed E-state index contributed by atoms with van der Waals surface area (Å²) in [6, 6.07) is 7.15. The van der Waals surface area contributed by atoms with Crippen LogP contribution in [0, 0.1) is 0 Å². The molecule has 0 heterocycles. The number of rotatable bonds is 38. The van der Waals surface area contributed by atoms with Crippen LogP contribution in [0.1, 0.15) is 191 Å². The minimum absolute atomic E-state index is 0.00600. The maximum absolute atomic E-state index is 14.1. The Hall–Kier alpha value is -7.41. The van der Waals surface area contributed by atoms with Gasteiger partial charge in [-0.2, -0.15) is 0 Å². The van der Waals surface area contributed by atoms with Gasteiger partial charge >= 0.3 is 5.97 Å². The fraction of sp³-hybridized carbons (Fsp3) is 0.576. The molecule has 2 saturated carbocycles. The number of unbranched alkanes of at least 4 members (excludes halogenated alkanes) is 8. The van der Waals surface area contributed by atoms with Gasteiger partial charge in [-0.1, -0.05) is 0 Å². The Bertz CT molecular complexity index is 2620. The average molecular weight is 1160 g/mol. The average Bonchev–Trinajstić information content (AvgIpc) is 3.68. The molecule has 83 heavy (non-hydrogen) atoms. The Kier molecular flexibility index (Phi) is 28.4. The first-order valence-electron chi connectivity index (χ1n) is 29.2. The third-order valence-electron chi connectivity index (χ3n) is 14.5. The van der Waals surface area contributed by atoms with E-state index in [4.69, 9.17) is 62.8 Å². The van der Waals surface area contributed by atoms with Gasteiger partial charge < -0.3 is 89.2 Å². The van der Waals surface area contributed by atoms with Crippen LogP contribution >= 0.6 is 0 Å². The summed E-state index contributed by atoms with van der Waals surface area (Å²) in [6.45, 7) is 2.65. The quantitative estimate of drug-likeness (QED) is 0.0356. The van der Waals surface area contributed by atoms with Gasteiger partial charge in [0.15, 0.2) is 6.61 Å². The van der Waals surface area contributed by atoms with Crippen LogP contribution in [0.15, 0.2) is 36.4 Å². The first kappa shape index (κ1) is 66.4. The summed E-state index contributed by atoms with van der Waals surface area (Å²) in [4.78, 5) is 93.1. The van der Waals surface area contributed by atoms with Crippen molar-refractivity contribution in [3.05, 3.63) is 69.8 Å². The zero-order valence-corrected chi connectivity index (χ0v) is 48.0. The number of primary amides is 2. The Labute approximate surface area is 485 Å². The van der Waals surface area contributed by atoms with Crippen molar-refractivity contribution in [2.24, 2.45) is 34.4 Å². The van der Waals surface area contributed by atoms with Crippen LogP contribution in [0.25, 0.3) is 0 Å². The molecule has 0 saturated heterocycles. The molecule has 5 rings (SSSR count). The SMILES string of the molecule is COc1cc(OCC(=O)O)c(C(=O)NC2CCC(NC(=O)c3cc(C(N)=O)c(OCCCCCN)cc3OCCCCCN)CC2)cc1C(=O)NC1CCC(NC(=O)c2cc(C(N)=O)c(OCCCCCN)cc2OCCCCCN)CC1. The molecular formula is C59H88N10O14. The van der Waals surface area contributed by atoms with Crippen LogP contribution in [0.2, 0.25) is 0 Å². The minimum atomic E-state index is -1.29. The molecule has 0 aromatic heterocycles. The molecular weight excluding hydrogens is 1070 g/mol. The van der Waals surface area contributed by atoms with Gasteiger partial charge in [0.25, 0.3) is 35.4 Å². The summed E-state index contributed by atoms with van der Waals surface area (Å²) in [5, 5.41) is 21.7. The van der Waals surface area contributed by atoms with Crippen LogP contribution in [-0.4, -0.2) is 137 Å². The molecule has 0 bridgehead atoms. The van der Waals surface area contributed by atoms with E-state index in [2.05, 4.69) is 21.3 Å². The van der Waals surface area contributed by atoms with Crippen molar-refractivity contribution in [2.45, 2.75) is 153 Å². The molecule has 24 heteroatoms. The third kappa shape index (κ3) is 21.4. The molecule has 2 aliphatic carbocycles. The molecule has 24 nitrogen and oxygen atoms in total. The van der Waals surface area contributed by atoms with Crippen molar-refractivity contribution in [1.29, 1.82) is 0 Å². The second kappa shape index (κ2) is 35.6. The van der Waals surface area contributed by atoms with Gasteiger partial charge in [-0.15, -0.1) is 0 Å². The Morgan fingerprint density at radius 3 is 0.904 bits per heavy atom. The standard InChI is InChI=1S/C59H88N10O14/c1-78-47-33-52(83-36-53(70)71)46(59(77)69-40-20-18-39(19-21-40)68-58(76)45-31-42(55(65)73)49(80-27-11-3-7-23-61)35-51(45)82-29-13-5-9-25-63)32-43(47)56(74)66-37-14-16-38(17-15-37)67-57(75)44-30-41(54(64)72)48(79-26-10-2-6-22-60)34-50(44)81-28-12-4-8-24-62/h30-35,37-40H,2-29,36,60-63H2,1H3,(H2,64,72)(H2,65,73)(H,66,74)(H,67,75)(H,68,76)(H,69,77)(H,70,71). The van der Waals surface area contributed by atoms with Crippen molar-refractivity contribution in [3.8, 4) is 34.5 Å². The molecule has 0 atom stereocenters. The van der Waals surface area contributed by atoms with E-state index in [9.17, 15) is 38.7 Å². The van der Waals surface area contributed by atoms with Crippen molar-refractivity contribution in [1.82, 2.24) is 21.3 Å². The highest BCUT2D eigenvalue weighted by Gasteiger charge is 2.31. The first-order valence-corrected chi connectivity index (χ1v) is 29.2. The predicted molar refractivity (Wildman–Crippen MR) is 312 cm³/mol. The zero-order valence-electron chi connectivity index (χ0n) is 48.0. The van der Waals surface area contributed by atoms with Crippen molar-refractivity contribution < 1.29 is 67.1 Å². The number of benzene rings is 3. The summed E-state index contributed by atoms with van der Waals surface area (Å²) < 4.78 is 35.2. The topological polar surface area (TPSA) is 399 Å². The lowest BCUT2D eigenvalue weighted by molar-refractivity contribution is -0.139. The predicted octanol–water partition coefficient (Wildman–Crippen LogP) is 4.33. The molecule has 2 aliphatic rings. The molecule has 17 N–H and O–H groups in total. The molecule has 0 spiro atoms. The monoisotopic (exact) mass is 1160 g/mol. The number of amides is 6. The highest BCUT2D eigenvalue weighted by Crippen LogP contribution is 2.34. The summed E-state index contributed by atoms with van der Waals surface area (Å²) in [5.74, 6) is -4.10. The van der Waals surface area contributed by atoms with Gasteiger partial charge in [0, 0.05) is 42.4 Å². The lowest BCUT2D eigenvalue weighted by Crippen LogP contribution is -2.44. The molecule has 3 aromatic rings. The number of carbonyl (C=O) groups excluding carboxylic acids is 6. The lowest BCUT2D eigenvalue weighted by Gasteiger charge is -2.30. The Morgan fingerprint density at radius 1 is 0.386 bits per heavy atom. The van der Waals surface area contributed by atoms with E-state index in [1.807, 2.05) is 0 Å². The number of carboxylic acid groups (broad SMARTS) is 1. The molecule has 2 fully saturated rings. The summed E-state index contributed by atoms with van der Waals surface area (Å²) >= 11 is 0. The maximum Gasteiger partial charge on any atom is 0.341 e. The number of nitrogens with one attached hydrogen (secondary N) is 4. The summed E-state index contributed by atoms with van der Waals surface area (Å²) in [6.07, 6.45) is 13.1. The third-order valence-corrected chi connectivity index (χ3v) is 14.5. The number of carboxylic acids is 1. The van der Waals surface area contributed by atoms with E-state index in [0.717, 1.165) is 51.4 Å². The highest BCUT2D eigenvalue weighted by molar-refractivity contribution is 6.05. The van der Waals surface area contributed by atoms with Gasteiger partial charge in [-0.25, -0.2) is 4.79 Å². The minimum Gasteiger partial charge on any atom is -0.496 e. The second-order valence-electron chi connectivity index (χ2n) is 20.9. The van der Waals surface area contributed by atoms with Crippen molar-refractivity contribution >= 4 is 41.4 Å². The van der Waals surface area contributed by atoms with Gasteiger partial charge in [-0.3, -0.25) is 28.8 Å². The van der Waals surface area contributed by atoms with Crippen LogP contribution in [-0.2, 0) is 4.79 Å². The maximum atomic E-state index is 14.1. The normalized spacial score (nSPS) is 16.6. The largest absolute Gasteiger partial charge is 0.496 e. The highest BCUT2D eigenvalue weighted by atomic mass is 16.5. The van der Waals surface area contributed by atoms with Crippen LogP contribution in [0.3, 0.4) is 0 Å². The van der Waals surface area contributed by atoms with E-state index in [1.165, 1.54) is 43.5 Å². The Morgan fingerprint density at radius 2 is 0.639 bits per heavy atom. The van der Waals surface area contributed by atoms with E-state index < -0.39 is 48.0 Å². The zero-order chi connectivity index (χ0) is 60.1. The first-order chi connectivity index (χ1) is 40.1. The number of hydrogen-bond acceptors (Lipinski definition) is 17. The number of methoxy groups -OCH3 is 1. The van der Waals surface area contributed by atoms with Crippen molar-refractivity contribution in [3.63, 3.8) is 0 Å². The molecule has 0 radical (unpaired) electrons. The molecule has 458 valence electrons. The number of hydrogen-bond donors (Lipinski definition) is 11. The van der Waals surface area contributed by atoms with E-state index in [0.29, 0.717) is 130 Å². The van der Waals surface area contributed by atoms with E-state index in [1.54, 1.807) is 0 Å². The molecule has 0 aliphatic heterocycles. The summed E-state index contributed by atoms with van der Waals surface area (Å²) in [7, 11) is 1.33. The van der Waals surface area contributed by atoms with Crippen molar-refractivity contribution in [2.75, 3.05) is 66.3 Å². The summed E-state index contributed by atoms with van der Waals surface area (Å²) in [5.41, 5.74) is 34.4. The number of carbonyl (C=O) groups is 7. The molecule has 6 amide bonds. The second-order valence-corrected chi connectivity index (χ2v) is 20.9. The fourth-order valence-corrected chi connectivity index (χ4v) is 9.92. The van der Waals surface area contributed by atoms with Gasteiger partial charge in [-0.05, 0) is 173 Å². The van der Waals surface area contributed by atoms with Crippen LogP contribution in [0.4, 0.5) is 0 Å². The Balaban J connectivity index is 1.23. The van der Waals surface area contributed by atoms with Gasteiger partial charge in [0.05, 0.1) is 66.9 Å². The van der Waals surface area contributed by atoms with Gasteiger partial charge in [0.2, 0.25) is 0 Å². The van der Waals surface area contributed by atoms with Gasteiger partial charge in [0.1, 0.15) is 34.5 Å².